The summed E-state index contributed by atoms with van der Waals surface area (Å²) in [5.74, 6) is 0.793. The van der Waals surface area contributed by atoms with Gasteiger partial charge in [0.15, 0.2) is 11.6 Å². The molecule has 0 fully saturated rings. The molecule has 0 spiro atoms. The normalized spacial score (nSPS) is 17.8. The minimum atomic E-state index is -1.28. The first-order chi connectivity index (χ1) is 21.5. The summed E-state index contributed by atoms with van der Waals surface area (Å²) >= 11 is 0. The van der Waals surface area contributed by atoms with E-state index in [1.807, 2.05) is 111 Å². The smallest absolute Gasteiger partial charge is 0.266 e. The molecule has 2 atom stereocenters. The Morgan fingerprint density at radius 3 is 2.20 bits per heavy atom. The largest absolute Gasteiger partial charge is 0.494 e. The number of amides is 1. The van der Waals surface area contributed by atoms with Gasteiger partial charge in [0.05, 0.1) is 6.61 Å². The van der Waals surface area contributed by atoms with Crippen LogP contribution in [0.3, 0.4) is 0 Å². The van der Waals surface area contributed by atoms with Crippen molar-refractivity contribution in [1.29, 1.82) is 0 Å². The SMILES string of the molecule is CC(C)NNC(=O)[C@@]1(C/C=C/c2ccccc2)N=C(c2ccc(OCCCO)cc2)O[C@H]1c1ccc(-c2ccccc2)cc1. The molecule has 4 aromatic carbocycles. The Bertz CT molecular complexity index is 1550. The van der Waals surface area contributed by atoms with E-state index >= 15 is 0 Å². The van der Waals surface area contributed by atoms with Crippen LogP contribution in [0.5, 0.6) is 5.75 Å². The molecule has 1 heterocycles. The minimum Gasteiger partial charge on any atom is -0.494 e. The molecule has 7 nitrogen and oxygen atoms in total. The first-order valence-electron chi connectivity index (χ1n) is 15.0. The molecule has 0 unspecified atom stereocenters. The molecule has 44 heavy (non-hydrogen) atoms. The van der Waals surface area contributed by atoms with E-state index in [0.29, 0.717) is 31.1 Å². The Balaban J connectivity index is 1.53. The molecular weight excluding hydrogens is 550 g/mol. The Morgan fingerprint density at radius 2 is 1.55 bits per heavy atom. The fourth-order valence-electron chi connectivity index (χ4n) is 5.05. The van der Waals surface area contributed by atoms with E-state index in [2.05, 4.69) is 35.1 Å². The first-order valence-corrected chi connectivity index (χ1v) is 15.0. The van der Waals surface area contributed by atoms with E-state index in [1.54, 1.807) is 0 Å². The Morgan fingerprint density at radius 1 is 0.909 bits per heavy atom. The van der Waals surface area contributed by atoms with Crippen LogP contribution in [-0.2, 0) is 9.53 Å². The van der Waals surface area contributed by atoms with Crippen molar-refractivity contribution in [2.75, 3.05) is 13.2 Å². The summed E-state index contributed by atoms with van der Waals surface area (Å²) < 4.78 is 12.3. The van der Waals surface area contributed by atoms with Crippen LogP contribution in [0.25, 0.3) is 17.2 Å². The van der Waals surface area contributed by atoms with Crippen molar-refractivity contribution < 1.29 is 19.4 Å². The lowest BCUT2D eigenvalue weighted by atomic mass is 9.84. The number of nitrogens with zero attached hydrogens (tertiary/aromatic N) is 1. The number of aliphatic hydroxyl groups is 1. The van der Waals surface area contributed by atoms with Gasteiger partial charge in [-0.1, -0.05) is 97.1 Å². The van der Waals surface area contributed by atoms with Crippen LogP contribution in [-0.4, -0.2) is 41.7 Å². The van der Waals surface area contributed by atoms with Crippen molar-refractivity contribution in [3.05, 3.63) is 132 Å². The second-order valence-corrected chi connectivity index (χ2v) is 11.0. The number of ether oxygens (including phenoxy) is 2. The highest BCUT2D eigenvalue weighted by Gasteiger charge is 2.52. The first kappa shape index (κ1) is 30.7. The predicted octanol–water partition coefficient (Wildman–Crippen LogP) is 6.50. The molecule has 7 heteroatoms. The van der Waals surface area contributed by atoms with Crippen LogP contribution < -0.4 is 15.6 Å². The van der Waals surface area contributed by atoms with Gasteiger partial charge in [0.25, 0.3) is 5.91 Å². The standard InChI is InChI=1S/C37H39N3O4/c1-27(2)39-40-36(42)37(24-9-13-28-11-5-3-6-12-28)34(31-18-16-30(17-19-31)29-14-7-4-8-15-29)44-35(38-37)32-20-22-33(23-21-32)43-26-10-25-41/h3-9,11-23,27,34,39,41H,10,24-26H2,1-2H3,(H,40,42)/b13-9+/t34-,37-/m0/s1. The predicted molar refractivity (Wildman–Crippen MR) is 175 cm³/mol. The zero-order valence-electron chi connectivity index (χ0n) is 25.1. The van der Waals surface area contributed by atoms with Crippen LogP contribution in [0.2, 0.25) is 0 Å². The van der Waals surface area contributed by atoms with E-state index in [4.69, 9.17) is 19.6 Å². The average molecular weight is 590 g/mol. The van der Waals surface area contributed by atoms with Crippen molar-refractivity contribution in [1.82, 2.24) is 10.9 Å². The van der Waals surface area contributed by atoms with Gasteiger partial charge in [-0.3, -0.25) is 10.2 Å². The summed E-state index contributed by atoms with van der Waals surface area (Å²) in [6.45, 7) is 4.43. The van der Waals surface area contributed by atoms with Gasteiger partial charge in [0.2, 0.25) is 5.90 Å². The third-order valence-electron chi connectivity index (χ3n) is 7.36. The summed E-state index contributed by atoms with van der Waals surface area (Å²) in [4.78, 5) is 19.2. The summed E-state index contributed by atoms with van der Waals surface area (Å²) in [5.41, 5.74) is 9.49. The van der Waals surface area contributed by atoms with E-state index in [9.17, 15) is 4.79 Å². The highest BCUT2D eigenvalue weighted by atomic mass is 16.5. The van der Waals surface area contributed by atoms with Gasteiger partial charge in [-0.15, -0.1) is 0 Å². The number of hydrogen-bond acceptors (Lipinski definition) is 6. The number of aliphatic hydroxyl groups excluding tert-OH is 1. The molecule has 0 bridgehead atoms. The number of hydrazine groups is 1. The van der Waals surface area contributed by atoms with Crippen molar-refractivity contribution in [3.8, 4) is 16.9 Å². The quantitative estimate of drug-likeness (QED) is 0.122. The molecule has 0 aromatic heterocycles. The topological polar surface area (TPSA) is 92.2 Å². The third kappa shape index (κ3) is 7.43. The molecule has 1 amide bonds. The maximum absolute atomic E-state index is 14.1. The summed E-state index contributed by atoms with van der Waals surface area (Å²) in [6, 6.07) is 35.8. The van der Waals surface area contributed by atoms with Gasteiger partial charge in [-0.25, -0.2) is 10.4 Å². The van der Waals surface area contributed by atoms with Crippen molar-refractivity contribution in [3.63, 3.8) is 0 Å². The maximum Gasteiger partial charge on any atom is 0.266 e. The minimum absolute atomic E-state index is 0.0311. The number of carbonyl (C=O) groups excluding carboxylic acids is 1. The number of rotatable bonds is 13. The summed E-state index contributed by atoms with van der Waals surface area (Å²) in [6.07, 6.45) is 4.18. The molecule has 0 radical (unpaired) electrons. The lowest BCUT2D eigenvalue weighted by Gasteiger charge is -2.30. The highest BCUT2D eigenvalue weighted by Crippen LogP contribution is 2.43. The molecular formula is C37H39N3O4. The van der Waals surface area contributed by atoms with Crippen LogP contribution in [0.4, 0.5) is 0 Å². The molecule has 4 aromatic rings. The number of aliphatic imine (C=N–C) groups is 1. The monoisotopic (exact) mass is 589 g/mol. The molecule has 0 saturated heterocycles. The summed E-state index contributed by atoms with van der Waals surface area (Å²) in [5, 5.41) is 9.06. The van der Waals surface area contributed by atoms with Gasteiger partial charge in [-0.2, -0.15) is 0 Å². The Labute approximate surface area is 259 Å². The molecule has 0 aliphatic carbocycles. The van der Waals surface area contributed by atoms with Crippen molar-refractivity contribution in [2.24, 2.45) is 4.99 Å². The molecule has 5 rings (SSSR count). The molecule has 1 aliphatic rings. The van der Waals surface area contributed by atoms with Crippen LogP contribution in [0.1, 0.15) is 49.5 Å². The van der Waals surface area contributed by atoms with Crippen LogP contribution in [0, 0.1) is 0 Å². The zero-order valence-corrected chi connectivity index (χ0v) is 25.1. The molecule has 1 aliphatic heterocycles. The molecule has 0 saturated carbocycles. The fraction of sp³-hybridized carbons (Fsp3) is 0.243. The summed E-state index contributed by atoms with van der Waals surface area (Å²) in [7, 11) is 0. The second kappa shape index (κ2) is 14.6. The fourth-order valence-corrected chi connectivity index (χ4v) is 5.05. The Hall–Kier alpha value is -4.72. The van der Waals surface area contributed by atoms with Gasteiger partial charge in [-0.05, 0) is 60.4 Å². The number of nitrogens with one attached hydrogen (secondary N) is 2. The zero-order chi connectivity index (χ0) is 30.8. The van der Waals surface area contributed by atoms with Crippen molar-refractivity contribution in [2.45, 2.75) is 44.4 Å². The lowest BCUT2D eigenvalue weighted by molar-refractivity contribution is -0.130. The lowest BCUT2D eigenvalue weighted by Crippen LogP contribution is -2.54. The maximum atomic E-state index is 14.1. The number of carbonyl (C=O) groups is 1. The van der Waals surface area contributed by atoms with Gasteiger partial charge < -0.3 is 14.6 Å². The van der Waals surface area contributed by atoms with Gasteiger partial charge in [0, 0.05) is 31.1 Å². The van der Waals surface area contributed by atoms with E-state index < -0.39 is 11.6 Å². The second-order valence-electron chi connectivity index (χ2n) is 11.0. The molecule has 3 N–H and O–H groups in total. The number of benzene rings is 4. The van der Waals surface area contributed by atoms with Crippen LogP contribution >= 0.6 is 0 Å². The van der Waals surface area contributed by atoms with Gasteiger partial charge >= 0.3 is 0 Å². The average Bonchev–Trinajstić information content (AvgIpc) is 3.46. The molecule has 226 valence electrons. The highest BCUT2D eigenvalue weighted by molar-refractivity contribution is 6.01. The van der Waals surface area contributed by atoms with Crippen molar-refractivity contribution >= 4 is 17.9 Å². The van der Waals surface area contributed by atoms with E-state index in [0.717, 1.165) is 27.8 Å². The Kier molecular flexibility index (Phi) is 10.2. The number of hydrogen-bond donors (Lipinski definition) is 3. The van der Waals surface area contributed by atoms with E-state index in [-0.39, 0.29) is 18.6 Å². The van der Waals surface area contributed by atoms with Crippen LogP contribution in [0.15, 0.2) is 120 Å². The van der Waals surface area contributed by atoms with E-state index in [1.165, 1.54) is 0 Å². The third-order valence-corrected chi connectivity index (χ3v) is 7.36. The van der Waals surface area contributed by atoms with Gasteiger partial charge in [0.1, 0.15) is 5.75 Å².